The van der Waals surface area contributed by atoms with Crippen LogP contribution in [0.5, 0.6) is 0 Å². The van der Waals surface area contributed by atoms with Crippen molar-refractivity contribution in [3.63, 3.8) is 0 Å². The lowest BCUT2D eigenvalue weighted by Gasteiger charge is -2.33. The average Bonchev–Trinajstić information content (AvgIpc) is 3.16. The Hall–Kier alpha value is -3.37. The van der Waals surface area contributed by atoms with Crippen molar-refractivity contribution in [2.45, 2.75) is 13.3 Å². The summed E-state index contributed by atoms with van der Waals surface area (Å²) in [6.45, 7) is 6.09. The molecule has 0 saturated carbocycles. The van der Waals surface area contributed by atoms with Crippen LogP contribution in [0.15, 0.2) is 46.9 Å². The summed E-state index contributed by atoms with van der Waals surface area (Å²) in [4.78, 5) is 21.2. The number of aromatic nitrogens is 1. The highest BCUT2D eigenvalue weighted by Crippen LogP contribution is 2.23. The molecule has 1 aliphatic heterocycles. The van der Waals surface area contributed by atoms with Crippen molar-refractivity contribution in [1.82, 2.24) is 9.88 Å². The van der Waals surface area contributed by atoms with Gasteiger partial charge in [-0.05, 0) is 42.8 Å². The number of rotatable bonds is 5. The van der Waals surface area contributed by atoms with Crippen LogP contribution in [-0.4, -0.2) is 48.5 Å². The quantitative estimate of drug-likeness (QED) is 0.721. The summed E-state index contributed by atoms with van der Waals surface area (Å²) >= 11 is 0. The number of hydrogen-bond acceptors (Lipinski definition) is 6. The molecule has 148 valence electrons. The van der Waals surface area contributed by atoms with E-state index >= 15 is 0 Å². The minimum Gasteiger partial charge on any atom is -0.423 e. The van der Waals surface area contributed by atoms with Gasteiger partial charge in [-0.3, -0.25) is 9.69 Å². The van der Waals surface area contributed by atoms with Gasteiger partial charge in [0.25, 0.3) is 6.01 Å². The van der Waals surface area contributed by atoms with Crippen LogP contribution in [0.4, 0.5) is 11.7 Å². The maximum Gasteiger partial charge on any atom is 0.298 e. The van der Waals surface area contributed by atoms with Gasteiger partial charge >= 0.3 is 0 Å². The van der Waals surface area contributed by atoms with E-state index in [4.69, 9.17) is 9.68 Å². The Balaban J connectivity index is 1.26. The zero-order chi connectivity index (χ0) is 20.2. The molecule has 2 heterocycles. The number of hydrogen-bond donors (Lipinski definition) is 1. The number of aryl methyl sites for hydroxylation is 1. The molecule has 7 nitrogen and oxygen atoms in total. The number of nitrogens with one attached hydrogen (secondary N) is 1. The molecule has 0 spiro atoms. The topological polar surface area (TPSA) is 85.4 Å². The van der Waals surface area contributed by atoms with Gasteiger partial charge in [-0.1, -0.05) is 12.1 Å². The van der Waals surface area contributed by atoms with Crippen LogP contribution < -0.4 is 10.2 Å². The van der Waals surface area contributed by atoms with E-state index in [0.717, 1.165) is 37.3 Å². The second-order valence-electron chi connectivity index (χ2n) is 7.29. The van der Waals surface area contributed by atoms with E-state index < -0.39 is 0 Å². The van der Waals surface area contributed by atoms with Gasteiger partial charge in [-0.25, -0.2) is 0 Å². The van der Waals surface area contributed by atoms with Crippen molar-refractivity contribution in [3.05, 3.63) is 53.6 Å². The normalized spacial score (nSPS) is 14.7. The number of anilines is 2. The van der Waals surface area contributed by atoms with E-state index in [1.54, 1.807) is 24.3 Å². The van der Waals surface area contributed by atoms with Crippen LogP contribution in [0.25, 0.3) is 11.1 Å². The molecule has 1 fully saturated rings. The molecule has 1 amide bonds. The maximum absolute atomic E-state index is 12.2. The van der Waals surface area contributed by atoms with Crippen LogP contribution in [0, 0.1) is 18.3 Å². The average molecular weight is 389 g/mol. The van der Waals surface area contributed by atoms with E-state index in [1.165, 1.54) is 5.56 Å². The molecule has 0 radical (unpaired) electrons. The van der Waals surface area contributed by atoms with E-state index in [9.17, 15) is 4.79 Å². The first-order valence-electron chi connectivity index (χ1n) is 9.75. The Morgan fingerprint density at radius 3 is 2.83 bits per heavy atom. The van der Waals surface area contributed by atoms with Crippen LogP contribution in [0.3, 0.4) is 0 Å². The fourth-order valence-corrected chi connectivity index (χ4v) is 3.47. The van der Waals surface area contributed by atoms with Gasteiger partial charge in [0.05, 0.1) is 11.6 Å². The number of amides is 1. The molecule has 0 bridgehead atoms. The van der Waals surface area contributed by atoms with E-state index in [-0.39, 0.29) is 5.91 Å². The molecule has 3 aromatic rings. The standard InChI is InChI=1S/C22H23N5O2/c1-16-5-6-20-19(13-16)25-22(29-20)27-11-9-26(10-12-27)8-7-21(28)24-18-4-2-3-17(14-18)15-23/h2-6,13-14H,7-12H2,1H3,(H,24,28). The smallest absolute Gasteiger partial charge is 0.298 e. The lowest BCUT2D eigenvalue weighted by molar-refractivity contribution is -0.116. The third kappa shape index (κ3) is 4.55. The predicted molar refractivity (Wildman–Crippen MR) is 112 cm³/mol. The van der Waals surface area contributed by atoms with Crippen molar-refractivity contribution in [2.75, 3.05) is 42.9 Å². The first kappa shape index (κ1) is 19.0. The number of fused-ring (bicyclic) bond motifs is 1. The maximum atomic E-state index is 12.2. The summed E-state index contributed by atoms with van der Waals surface area (Å²) in [6.07, 6.45) is 0.416. The zero-order valence-corrected chi connectivity index (χ0v) is 16.4. The van der Waals surface area contributed by atoms with Gasteiger partial charge in [0, 0.05) is 44.8 Å². The first-order chi connectivity index (χ1) is 14.1. The number of carbonyl (C=O) groups is 1. The van der Waals surface area contributed by atoms with Crippen molar-refractivity contribution in [2.24, 2.45) is 0 Å². The van der Waals surface area contributed by atoms with Gasteiger partial charge in [0.15, 0.2) is 5.58 Å². The molecule has 0 aliphatic carbocycles. The minimum atomic E-state index is -0.0446. The summed E-state index contributed by atoms with van der Waals surface area (Å²) in [5.74, 6) is -0.0446. The monoisotopic (exact) mass is 389 g/mol. The fourth-order valence-electron chi connectivity index (χ4n) is 3.47. The van der Waals surface area contributed by atoms with E-state index in [1.807, 2.05) is 25.1 Å². The Kier molecular flexibility index (Phi) is 5.45. The van der Waals surface area contributed by atoms with E-state index in [2.05, 4.69) is 26.2 Å². The van der Waals surface area contributed by atoms with Crippen molar-refractivity contribution >= 4 is 28.7 Å². The molecule has 0 atom stereocenters. The second kappa shape index (κ2) is 8.33. The molecule has 1 aromatic heterocycles. The summed E-state index contributed by atoms with van der Waals surface area (Å²) in [5, 5.41) is 11.8. The number of benzene rings is 2. The van der Waals surface area contributed by atoms with Gasteiger partial charge in [-0.15, -0.1) is 0 Å². The fraction of sp³-hybridized carbons (Fsp3) is 0.318. The van der Waals surface area contributed by atoms with Crippen molar-refractivity contribution in [1.29, 1.82) is 5.26 Å². The highest BCUT2D eigenvalue weighted by molar-refractivity contribution is 5.91. The number of nitriles is 1. The Bertz CT molecular complexity index is 1060. The predicted octanol–water partition coefficient (Wildman–Crippen LogP) is 3.16. The van der Waals surface area contributed by atoms with Gasteiger partial charge in [0.1, 0.15) is 5.52 Å². The molecule has 1 N–H and O–H groups in total. The largest absolute Gasteiger partial charge is 0.423 e. The van der Waals surface area contributed by atoms with Crippen LogP contribution in [0.2, 0.25) is 0 Å². The number of oxazole rings is 1. The van der Waals surface area contributed by atoms with Crippen molar-refractivity contribution < 1.29 is 9.21 Å². The molecular formula is C22H23N5O2. The lowest BCUT2D eigenvalue weighted by Crippen LogP contribution is -2.47. The molecule has 0 unspecified atom stereocenters. The molecule has 1 saturated heterocycles. The lowest BCUT2D eigenvalue weighted by atomic mass is 10.2. The Labute approximate surface area is 169 Å². The van der Waals surface area contributed by atoms with Gasteiger partial charge in [0.2, 0.25) is 5.91 Å². The molecular weight excluding hydrogens is 366 g/mol. The molecule has 2 aromatic carbocycles. The number of piperazine rings is 1. The highest BCUT2D eigenvalue weighted by atomic mass is 16.4. The van der Waals surface area contributed by atoms with Crippen LogP contribution >= 0.6 is 0 Å². The summed E-state index contributed by atoms with van der Waals surface area (Å²) < 4.78 is 5.89. The molecule has 29 heavy (non-hydrogen) atoms. The third-order valence-electron chi connectivity index (χ3n) is 5.11. The summed E-state index contributed by atoms with van der Waals surface area (Å²) in [7, 11) is 0. The Morgan fingerprint density at radius 2 is 2.03 bits per heavy atom. The minimum absolute atomic E-state index is 0.0446. The number of carbonyl (C=O) groups excluding carboxylic acids is 1. The van der Waals surface area contributed by atoms with Gasteiger partial charge < -0.3 is 14.6 Å². The Morgan fingerprint density at radius 1 is 1.21 bits per heavy atom. The summed E-state index contributed by atoms with van der Waals surface area (Å²) in [6, 6.07) is 15.7. The van der Waals surface area contributed by atoms with Crippen LogP contribution in [-0.2, 0) is 4.79 Å². The zero-order valence-electron chi connectivity index (χ0n) is 16.4. The highest BCUT2D eigenvalue weighted by Gasteiger charge is 2.21. The van der Waals surface area contributed by atoms with Gasteiger partial charge in [-0.2, -0.15) is 10.2 Å². The first-order valence-corrected chi connectivity index (χ1v) is 9.75. The van der Waals surface area contributed by atoms with E-state index in [0.29, 0.717) is 30.2 Å². The van der Waals surface area contributed by atoms with Crippen molar-refractivity contribution in [3.8, 4) is 6.07 Å². The second-order valence-corrected chi connectivity index (χ2v) is 7.29. The SMILES string of the molecule is Cc1ccc2oc(N3CCN(CCC(=O)Nc4cccc(C#N)c4)CC3)nc2c1. The summed E-state index contributed by atoms with van der Waals surface area (Å²) in [5.41, 5.74) is 4.06. The van der Waals surface area contributed by atoms with Crippen LogP contribution in [0.1, 0.15) is 17.5 Å². The molecule has 7 heteroatoms. The molecule has 4 rings (SSSR count). The number of nitrogens with zero attached hydrogens (tertiary/aromatic N) is 4. The third-order valence-corrected chi connectivity index (χ3v) is 5.11. The molecule has 1 aliphatic rings.